The van der Waals surface area contributed by atoms with Crippen LogP contribution in [0.25, 0.3) is 27.9 Å². The standard InChI is InChI=1S/C24H21N5O3/c1-31-17-9-7-16(8-10-17)11-13-28-14-12-19-21(23(28)30)22(29-24(27-19)25-15-26-29)18-5-3-4-6-20(18)32-2/h3-10,12,14-15H,11,13H2,1-2H3. The molecule has 32 heavy (non-hydrogen) atoms. The van der Waals surface area contributed by atoms with Crippen LogP contribution in [-0.2, 0) is 13.0 Å². The van der Waals surface area contributed by atoms with Crippen molar-refractivity contribution in [2.24, 2.45) is 0 Å². The highest BCUT2D eigenvalue weighted by atomic mass is 16.5. The normalized spacial score (nSPS) is 11.2. The van der Waals surface area contributed by atoms with Crippen LogP contribution in [0.2, 0.25) is 0 Å². The maximum absolute atomic E-state index is 13.6. The molecule has 0 aliphatic rings. The minimum absolute atomic E-state index is 0.137. The third-order valence-electron chi connectivity index (χ3n) is 5.50. The Labute approximate surface area is 183 Å². The van der Waals surface area contributed by atoms with E-state index in [-0.39, 0.29) is 5.56 Å². The highest BCUT2D eigenvalue weighted by molar-refractivity contribution is 5.94. The van der Waals surface area contributed by atoms with E-state index in [0.717, 1.165) is 16.9 Å². The molecule has 8 nitrogen and oxygen atoms in total. The third kappa shape index (κ3) is 3.35. The first-order chi connectivity index (χ1) is 15.7. The number of hydrogen-bond acceptors (Lipinski definition) is 6. The molecule has 0 radical (unpaired) electrons. The van der Waals surface area contributed by atoms with Crippen molar-refractivity contribution >= 4 is 16.7 Å². The van der Waals surface area contributed by atoms with E-state index in [0.29, 0.717) is 41.1 Å². The molecule has 0 atom stereocenters. The van der Waals surface area contributed by atoms with Gasteiger partial charge in [-0.3, -0.25) is 4.79 Å². The largest absolute Gasteiger partial charge is 0.497 e. The quantitative estimate of drug-likeness (QED) is 0.413. The Morgan fingerprint density at radius 3 is 2.56 bits per heavy atom. The molecule has 160 valence electrons. The molecular weight excluding hydrogens is 406 g/mol. The summed E-state index contributed by atoms with van der Waals surface area (Å²) in [5, 5.41) is 4.81. The Bertz CT molecular complexity index is 1470. The fourth-order valence-corrected chi connectivity index (χ4v) is 3.87. The number of pyridine rings is 1. The second kappa shape index (κ2) is 8.14. The first-order valence-corrected chi connectivity index (χ1v) is 10.2. The Balaban J connectivity index is 1.65. The van der Waals surface area contributed by atoms with E-state index in [1.54, 1.807) is 29.5 Å². The van der Waals surface area contributed by atoms with Gasteiger partial charge in [-0.1, -0.05) is 24.3 Å². The molecule has 3 heterocycles. The van der Waals surface area contributed by atoms with Crippen LogP contribution in [0, 0.1) is 0 Å². The molecule has 0 N–H and O–H groups in total. The summed E-state index contributed by atoms with van der Waals surface area (Å²) >= 11 is 0. The molecule has 5 aromatic rings. The van der Waals surface area contributed by atoms with Crippen molar-refractivity contribution in [2.45, 2.75) is 13.0 Å². The third-order valence-corrected chi connectivity index (χ3v) is 5.50. The molecule has 2 aromatic carbocycles. The smallest absolute Gasteiger partial charge is 0.262 e. The van der Waals surface area contributed by atoms with E-state index in [1.165, 1.54) is 6.33 Å². The molecule has 0 unspecified atom stereocenters. The molecule has 0 saturated heterocycles. The summed E-state index contributed by atoms with van der Waals surface area (Å²) in [6.45, 7) is 0.530. The SMILES string of the molecule is COc1ccc(CCn2ccc3nc4ncnn4c(-c4ccccc4OC)c3c2=O)cc1. The molecule has 0 fully saturated rings. The van der Waals surface area contributed by atoms with E-state index in [2.05, 4.69) is 15.1 Å². The molecule has 8 heteroatoms. The minimum Gasteiger partial charge on any atom is -0.497 e. The maximum Gasteiger partial charge on any atom is 0.262 e. The van der Waals surface area contributed by atoms with E-state index in [9.17, 15) is 4.79 Å². The summed E-state index contributed by atoms with van der Waals surface area (Å²) in [6.07, 6.45) is 3.92. The summed E-state index contributed by atoms with van der Waals surface area (Å²) < 4.78 is 14.1. The zero-order valence-electron chi connectivity index (χ0n) is 17.7. The molecule has 0 saturated carbocycles. The van der Waals surface area contributed by atoms with Crippen LogP contribution in [0.5, 0.6) is 11.5 Å². The van der Waals surface area contributed by atoms with Gasteiger partial charge in [0.15, 0.2) is 0 Å². The van der Waals surface area contributed by atoms with Gasteiger partial charge in [0, 0.05) is 18.3 Å². The average Bonchev–Trinajstić information content (AvgIpc) is 3.31. The second-order valence-corrected chi connectivity index (χ2v) is 7.31. The molecule has 3 aromatic heterocycles. The highest BCUT2D eigenvalue weighted by Crippen LogP contribution is 2.33. The zero-order chi connectivity index (χ0) is 22.1. The number of rotatable bonds is 6. The number of nitrogens with zero attached hydrogens (tertiary/aromatic N) is 5. The number of para-hydroxylation sites is 1. The first kappa shape index (κ1) is 19.7. The summed E-state index contributed by atoms with van der Waals surface area (Å²) in [6, 6.07) is 17.2. The van der Waals surface area contributed by atoms with Gasteiger partial charge in [0.05, 0.1) is 30.8 Å². The molecule has 0 amide bonds. The van der Waals surface area contributed by atoms with Gasteiger partial charge in [-0.25, -0.2) is 4.98 Å². The van der Waals surface area contributed by atoms with E-state index < -0.39 is 0 Å². The zero-order valence-corrected chi connectivity index (χ0v) is 17.7. The fraction of sp³-hybridized carbons (Fsp3) is 0.167. The molecule has 5 rings (SSSR count). The number of aromatic nitrogens is 5. The predicted octanol–water partition coefficient (Wildman–Crippen LogP) is 3.37. The van der Waals surface area contributed by atoms with Gasteiger partial charge < -0.3 is 14.0 Å². The van der Waals surface area contributed by atoms with Gasteiger partial charge in [0.1, 0.15) is 17.8 Å². The van der Waals surface area contributed by atoms with Crippen molar-refractivity contribution in [3.63, 3.8) is 0 Å². The lowest BCUT2D eigenvalue weighted by Gasteiger charge is -2.13. The first-order valence-electron chi connectivity index (χ1n) is 10.2. The van der Waals surface area contributed by atoms with Crippen molar-refractivity contribution in [2.75, 3.05) is 14.2 Å². The number of benzene rings is 2. The van der Waals surface area contributed by atoms with Gasteiger partial charge in [0.25, 0.3) is 11.3 Å². The average molecular weight is 427 g/mol. The Morgan fingerprint density at radius 2 is 1.78 bits per heavy atom. The Kier molecular flexibility index (Phi) is 5.03. The van der Waals surface area contributed by atoms with Crippen molar-refractivity contribution < 1.29 is 9.47 Å². The van der Waals surface area contributed by atoms with Crippen LogP contribution < -0.4 is 15.0 Å². The van der Waals surface area contributed by atoms with Crippen molar-refractivity contribution in [1.82, 2.24) is 24.1 Å². The van der Waals surface area contributed by atoms with Crippen LogP contribution in [0.3, 0.4) is 0 Å². The summed E-state index contributed by atoms with van der Waals surface area (Å²) in [7, 11) is 3.25. The topological polar surface area (TPSA) is 83.5 Å². The fourth-order valence-electron chi connectivity index (χ4n) is 3.87. The van der Waals surface area contributed by atoms with Crippen molar-refractivity contribution in [1.29, 1.82) is 0 Å². The number of fused-ring (bicyclic) bond motifs is 2. The predicted molar refractivity (Wildman–Crippen MR) is 121 cm³/mol. The van der Waals surface area contributed by atoms with Gasteiger partial charge in [0.2, 0.25) is 0 Å². The molecule has 0 bridgehead atoms. The van der Waals surface area contributed by atoms with Crippen LogP contribution in [0.4, 0.5) is 0 Å². The summed E-state index contributed by atoms with van der Waals surface area (Å²) in [5.41, 5.74) is 2.91. The van der Waals surface area contributed by atoms with Crippen molar-refractivity contribution in [3.8, 4) is 22.8 Å². The van der Waals surface area contributed by atoms with Gasteiger partial charge in [-0.2, -0.15) is 14.6 Å². The monoisotopic (exact) mass is 427 g/mol. The molecule has 0 aliphatic carbocycles. The van der Waals surface area contributed by atoms with Crippen LogP contribution in [-0.4, -0.2) is 38.4 Å². The molecule has 0 spiro atoms. The Morgan fingerprint density at radius 1 is 0.969 bits per heavy atom. The highest BCUT2D eigenvalue weighted by Gasteiger charge is 2.19. The van der Waals surface area contributed by atoms with E-state index >= 15 is 0 Å². The lowest BCUT2D eigenvalue weighted by Crippen LogP contribution is -2.22. The second-order valence-electron chi connectivity index (χ2n) is 7.31. The number of aryl methyl sites for hydroxylation is 2. The van der Waals surface area contributed by atoms with E-state index in [1.807, 2.05) is 54.6 Å². The van der Waals surface area contributed by atoms with Gasteiger partial charge in [-0.05, 0) is 42.3 Å². The van der Waals surface area contributed by atoms with Crippen LogP contribution in [0.15, 0.2) is 71.9 Å². The Hall–Kier alpha value is -4.20. The lowest BCUT2D eigenvalue weighted by atomic mass is 10.1. The van der Waals surface area contributed by atoms with Crippen molar-refractivity contribution in [3.05, 3.63) is 83.0 Å². The molecular formula is C24H21N5O3. The van der Waals surface area contributed by atoms with E-state index in [4.69, 9.17) is 9.47 Å². The molecule has 0 aliphatic heterocycles. The van der Waals surface area contributed by atoms with Gasteiger partial charge >= 0.3 is 0 Å². The minimum atomic E-state index is -0.137. The van der Waals surface area contributed by atoms with Crippen LogP contribution >= 0.6 is 0 Å². The number of methoxy groups -OCH3 is 2. The maximum atomic E-state index is 13.6. The van der Waals surface area contributed by atoms with Crippen LogP contribution in [0.1, 0.15) is 5.56 Å². The number of hydrogen-bond donors (Lipinski definition) is 0. The summed E-state index contributed by atoms with van der Waals surface area (Å²) in [5.74, 6) is 1.87. The lowest BCUT2D eigenvalue weighted by molar-refractivity contribution is 0.414. The summed E-state index contributed by atoms with van der Waals surface area (Å²) in [4.78, 5) is 22.4. The number of ether oxygens (including phenoxy) is 2. The van der Waals surface area contributed by atoms with Gasteiger partial charge in [-0.15, -0.1) is 0 Å².